The third kappa shape index (κ3) is 2.99. The van der Waals surface area contributed by atoms with E-state index < -0.39 is 22.5 Å². The number of carbonyl (C=O) groups is 1. The largest absolute Gasteiger partial charge is 0.418 e. The third-order valence-electron chi connectivity index (χ3n) is 3.63. The molecule has 0 radical (unpaired) electrons. The SMILES string of the molecule is CSc1c(C(=O)c2cnoc2C2CC2)ccc(Cl)c1C(F)(F)F. The van der Waals surface area contributed by atoms with Crippen LogP contribution in [0.3, 0.4) is 0 Å². The number of ketones is 1. The van der Waals surface area contributed by atoms with Gasteiger partial charge in [-0.25, -0.2) is 0 Å². The summed E-state index contributed by atoms with van der Waals surface area (Å²) in [6, 6.07) is 2.41. The van der Waals surface area contributed by atoms with Gasteiger partial charge in [-0.3, -0.25) is 4.79 Å². The predicted octanol–water partition coefficient (Wildman–Crippen LogP) is 5.18. The minimum atomic E-state index is -4.64. The van der Waals surface area contributed by atoms with Crippen LogP contribution in [0.25, 0.3) is 0 Å². The second kappa shape index (κ2) is 5.87. The van der Waals surface area contributed by atoms with Crippen molar-refractivity contribution in [1.29, 1.82) is 0 Å². The number of rotatable bonds is 4. The maximum absolute atomic E-state index is 13.3. The molecule has 1 fully saturated rings. The maximum Gasteiger partial charge on any atom is 0.418 e. The van der Waals surface area contributed by atoms with Crippen molar-refractivity contribution >= 4 is 29.1 Å². The van der Waals surface area contributed by atoms with Crippen LogP contribution in [0.5, 0.6) is 0 Å². The van der Waals surface area contributed by atoms with Crippen molar-refractivity contribution in [3.8, 4) is 0 Å². The Balaban J connectivity index is 2.12. The minimum absolute atomic E-state index is 0.0423. The van der Waals surface area contributed by atoms with E-state index in [9.17, 15) is 18.0 Å². The van der Waals surface area contributed by atoms with Crippen LogP contribution >= 0.6 is 23.4 Å². The fourth-order valence-electron chi connectivity index (χ4n) is 2.42. The Hall–Kier alpha value is -1.47. The molecule has 0 unspecified atom stereocenters. The number of thioether (sulfide) groups is 1. The maximum atomic E-state index is 13.3. The Morgan fingerprint density at radius 3 is 2.61 bits per heavy atom. The molecule has 1 aromatic heterocycles. The standard InChI is InChI=1S/C15H11ClF3NO2S/c1-23-14-8(4-5-10(16)11(14)15(17,18)19)12(21)9-6-20-22-13(9)7-2-3-7/h4-7H,2-3H2,1H3. The summed E-state index contributed by atoms with van der Waals surface area (Å²) in [7, 11) is 0. The third-order valence-corrected chi connectivity index (χ3v) is 4.78. The molecule has 0 spiro atoms. The van der Waals surface area contributed by atoms with Gasteiger partial charge in [-0.2, -0.15) is 13.2 Å². The molecule has 3 nitrogen and oxygen atoms in total. The number of aromatic nitrogens is 1. The molecule has 122 valence electrons. The first-order chi connectivity index (χ1) is 10.8. The molecule has 1 saturated carbocycles. The van der Waals surface area contributed by atoms with Crippen LogP contribution in [0.4, 0.5) is 13.2 Å². The molecular weight excluding hydrogens is 351 g/mol. The molecule has 0 amide bonds. The van der Waals surface area contributed by atoms with E-state index in [1.54, 1.807) is 0 Å². The van der Waals surface area contributed by atoms with E-state index in [4.69, 9.17) is 16.1 Å². The first-order valence-corrected chi connectivity index (χ1v) is 8.37. The highest BCUT2D eigenvalue weighted by atomic mass is 35.5. The monoisotopic (exact) mass is 361 g/mol. The lowest BCUT2D eigenvalue weighted by molar-refractivity contribution is -0.139. The average molecular weight is 362 g/mol. The van der Waals surface area contributed by atoms with Gasteiger partial charge < -0.3 is 4.52 Å². The Morgan fingerprint density at radius 2 is 2.04 bits per heavy atom. The molecule has 2 aromatic rings. The second-order valence-corrected chi connectivity index (χ2v) is 6.43. The van der Waals surface area contributed by atoms with Gasteiger partial charge in [0.2, 0.25) is 0 Å². The van der Waals surface area contributed by atoms with Crippen LogP contribution in [0, 0.1) is 0 Å². The van der Waals surface area contributed by atoms with Gasteiger partial charge in [0.05, 0.1) is 22.3 Å². The van der Waals surface area contributed by atoms with Gasteiger partial charge in [-0.05, 0) is 31.2 Å². The van der Waals surface area contributed by atoms with Crippen molar-refractivity contribution < 1.29 is 22.5 Å². The second-order valence-electron chi connectivity index (χ2n) is 5.21. The van der Waals surface area contributed by atoms with E-state index in [0.717, 1.165) is 30.7 Å². The molecule has 1 aromatic carbocycles. The Kier molecular flexibility index (Phi) is 4.18. The molecule has 3 rings (SSSR count). The van der Waals surface area contributed by atoms with Gasteiger partial charge in [0.1, 0.15) is 0 Å². The van der Waals surface area contributed by atoms with E-state index in [2.05, 4.69) is 5.16 Å². The molecule has 1 aliphatic carbocycles. The molecule has 0 N–H and O–H groups in total. The Labute approximate surface area is 139 Å². The highest BCUT2D eigenvalue weighted by Crippen LogP contribution is 2.45. The molecule has 1 heterocycles. The summed E-state index contributed by atoms with van der Waals surface area (Å²) in [5, 5.41) is 3.20. The van der Waals surface area contributed by atoms with Crippen LogP contribution in [0.1, 0.15) is 46.0 Å². The number of hydrogen-bond acceptors (Lipinski definition) is 4. The first-order valence-electron chi connectivity index (χ1n) is 6.77. The van der Waals surface area contributed by atoms with E-state index >= 15 is 0 Å². The van der Waals surface area contributed by atoms with Gasteiger partial charge >= 0.3 is 6.18 Å². The van der Waals surface area contributed by atoms with Gasteiger partial charge in [-0.1, -0.05) is 16.8 Å². The van der Waals surface area contributed by atoms with Gasteiger partial charge in [-0.15, -0.1) is 11.8 Å². The molecule has 0 aliphatic heterocycles. The number of nitrogens with zero attached hydrogens (tertiary/aromatic N) is 1. The summed E-state index contributed by atoms with van der Waals surface area (Å²) in [5.41, 5.74) is -0.806. The summed E-state index contributed by atoms with van der Waals surface area (Å²) in [5.74, 6) is 0.0498. The molecule has 8 heteroatoms. The molecule has 0 bridgehead atoms. The van der Waals surface area contributed by atoms with Crippen molar-refractivity contribution in [3.05, 3.63) is 45.8 Å². The highest BCUT2D eigenvalue weighted by molar-refractivity contribution is 7.98. The van der Waals surface area contributed by atoms with Crippen molar-refractivity contribution in [1.82, 2.24) is 5.16 Å². The van der Waals surface area contributed by atoms with Crippen molar-refractivity contribution in [3.63, 3.8) is 0 Å². The Bertz CT molecular complexity index is 769. The van der Waals surface area contributed by atoms with E-state index in [0.29, 0.717) is 5.76 Å². The Morgan fingerprint density at radius 1 is 1.35 bits per heavy atom. The fraction of sp³-hybridized carbons (Fsp3) is 0.333. The lowest BCUT2D eigenvalue weighted by Gasteiger charge is -2.16. The van der Waals surface area contributed by atoms with E-state index in [-0.39, 0.29) is 21.9 Å². The molecular formula is C15H11ClF3NO2S. The van der Waals surface area contributed by atoms with Gasteiger partial charge in [0.15, 0.2) is 11.5 Å². The van der Waals surface area contributed by atoms with E-state index in [1.807, 2.05) is 0 Å². The van der Waals surface area contributed by atoms with Crippen LogP contribution < -0.4 is 0 Å². The summed E-state index contributed by atoms with van der Waals surface area (Å²) < 4.78 is 44.9. The van der Waals surface area contributed by atoms with Crippen molar-refractivity contribution in [2.75, 3.05) is 6.26 Å². The molecule has 1 aliphatic rings. The van der Waals surface area contributed by atoms with Crippen LogP contribution in [-0.4, -0.2) is 17.2 Å². The number of halogens is 4. The molecule has 0 saturated heterocycles. The molecule has 23 heavy (non-hydrogen) atoms. The van der Waals surface area contributed by atoms with Gasteiger partial charge in [0.25, 0.3) is 0 Å². The molecule has 0 atom stereocenters. The summed E-state index contributed by atoms with van der Waals surface area (Å²) >= 11 is 6.55. The van der Waals surface area contributed by atoms with Crippen LogP contribution in [-0.2, 0) is 6.18 Å². The number of carbonyl (C=O) groups excluding carboxylic acids is 1. The number of hydrogen-bond donors (Lipinski definition) is 0. The van der Waals surface area contributed by atoms with Crippen molar-refractivity contribution in [2.24, 2.45) is 0 Å². The topological polar surface area (TPSA) is 43.1 Å². The lowest BCUT2D eigenvalue weighted by Crippen LogP contribution is -2.13. The quantitative estimate of drug-likeness (QED) is 0.556. The van der Waals surface area contributed by atoms with Gasteiger partial charge in [0, 0.05) is 16.4 Å². The number of benzene rings is 1. The fourth-order valence-corrected chi connectivity index (χ4v) is 3.55. The summed E-state index contributed by atoms with van der Waals surface area (Å²) in [6.07, 6.45) is -0.118. The lowest BCUT2D eigenvalue weighted by atomic mass is 10.00. The predicted molar refractivity (Wildman–Crippen MR) is 80.1 cm³/mol. The summed E-state index contributed by atoms with van der Waals surface area (Å²) in [4.78, 5) is 12.5. The van der Waals surface area contributed by atoms with Crippen molar-refractivity contribution in [2.45, 2.75) is 29.8 Å². The zero-order valence-corrected chi connectivity index (χ0v) is 13.5. The zero-order chi connectivity index (χ0) is 16.8. The average Bonchev–Trinajstić information content (AvgIpc) is 3.21. The van der Waals surface area contributed by atoms with Crippen LogP contribution in [0.2, 0.25) is 5.02 Å². The smallest absolute Gasteiger partial charge is 0.360 e. The minimum Gasteiger partial charge on any atom is -0.360 e. The summed E-state index contributed by atoms with van der Waals surface area (Å²) in [6.45, 7) is 0. The zero-order valence-electron chi connectivity index (χ0n) is 11.9. The highest BCUT2D eigenvalue weighted by Gasteiger charge is 2.39. The first kappa shape index (κ1) is 16.4. The normalized spacial score (nSPS) is 15.0. The van der Waals surface area contributed by atoms with E-state index in [1.165, 1.54) is 18.5 Å². The number of alkyl halides is 3. The van der Waals surface area contributed by atoms with Crippen LogP contribution in [0.15, 0.2) is 27.7 Å².